The van der Waals surface area contributed by atoms with Gasteiger partial charge in [-0.3, -0.25) is 5.43 Å². The van der Waals surface area contributed by atoms with Crippen molar-refractivity contribution in [3.8, 4) is 28.5 Å². The summed E-state index contributed by atoms with van der Waals surface area (Å²) >= 11 is 4.77. The van der Waals surface area contributed by atoms with E-state index in [2.05, 4.69) is 31.4 Å². The molecule has 0 fully saturated rings. The number of benzene rings is 2. The third-order valence-corrected chi connectivity index (χ3v) is 6.12. The number of aromatic nitrogens is 1. The van der Waals surface area contributed by atoms with Crippen LogP contribution in [-0.2, 0) is 0 Å². The van der Waals surface area contributed by atoms with Gasteiger partial charge in [0.05, 0.1) is 38.3 Å². The van der Waals surface area contributed by atoms with Crippen LogP contribution in [-0.4, -0.2) is 32.0 Å². The number of hydrazone groups is 1. The van der Waals surface area contributed by atoms with E-state index in [1.165, 1.54) is 11.3 Å². The van der Waals surface area contributed by atoms with Crippen molar-refractivity contribution in [2.24, 2.45) is 5.10 Å². The highest BCUT2D eigenvalue weighted by Crippen LogP contribution is 2.38. The molecule has 0 aliphatic heterocycles. The molecule has 0 saturated heterocycles. The van der Waals surface area contributed by atoms with Crippen molar-refractivity contribution in [2.75, 3.05) is 26.8 Å². The first kappa shape index (κ1) is 22.8. The van der Waals surface area contributed by atoms with Gasteiger partial charge >= 0.3 is 5.63 Å². The molecular weight excluding hydrogens is 510 g/mol. The molecule has 170 valence electrons. The molecule has 0 aliphatic carbocycles. The molecule has 10 heteroatoms. The van der Waals surface area contributed by atoms with Crippen molar-refractivity contribution in [3.05, 3.63) is 62.2 Å². The molecule has 0 amide bonds. The molecule has 0 bridgehead atoms. The number of methoxy groups -OCH3 is 3. The summed E-state index contributed by atoms with van der Waals surface area (Å²) in [5.41, 5.74) is 5.38. The van der Waals surface area contributed by atoms with E-state index in [0.29, 0.717) is 44.9 Å². The molecular formula is C23H20BrN3O5S. The third kappa shape index (κ3) is 4.71. The number of rotatable bonds is 7. The maximum atomic E-state index is 12.5. The van der Waals surface area contributed by atoms with Gasteiger partial charge in [0.15, 0.2) is 11.5 Å². The van der Waals surface area contributed by atoms with Gasteiger partial charge in [0.1, 0.15) is 5.58 Å². The fourth-order valence-electron chi connectivity index (χ4n) is 3.21. The second-order valence-corrected chi connectivity index (χ2v) is 8.66. The Kier molecular flexibility index (Phi) is 6.66. The zero-order chi connectivity index (χ0) is 23.5. The summed E-state index contributed by atoms with van der Waals surface area (Å²) in [5, 5.41) is 7.53. The first-order valence-corrected chi connectivity index (χ1v) is 11.4. The zero-order valence-electron chi connectivity index (χ0n) is 18.3. The fraction of sp³-hybridized carbons (Fsp3) is 0.174. The highest BCUT2D eigenvalue weighted by Gasteiger charge is 2.15. The topological polar surface area (TPSA) is 95.2 Å². The van der Waals surface area contributed by atoms with Crippen LogP contribution in [0.15, 0.2) is 60.6 Å². The SMILES string of the molecule is COc1cc(/C(C)=N/Nc2nc(-c3cc4cc(Br)ccc4oc3=O)cs2)cc(OC)c1OC. The van der Waals surface area contributed by atoms with E-state index >= 15 is 0 Å². The Hall–Kier alpha value is -3.37. The molecule has 0 aliphatic rings. The molecule has 4 rings (SSSR count). The summed E-state index contributed by atoms with van der Waals surface area (Å²) in [7, 11) is 4.67. The number of halogens is 1. The van der Waals surface area contributed by atoms with E-state index in [9.17, 15) is 4.79 Å². The number of fused-ring (bicyclic) bond motifs is 1. The normalized spacial score (nSPS) is 11.5. The molecule has 0 saturated carbocycles. The first-order valence-electron chi connectivity index (χ1n) is 9.73. The zero-order valence-corrected chi connectivity index (χ0v) is 20.7. The van der Waals surface area contributed by atoms with Crippen molar-refractivity contribution >= 4 is 49.1 Å². The van der Waals surface area contributed by atoms with Gasteiger partial charge in [0.25, 0.3) is 0 Å². The predicted molar refractivity (Wildman–Crippen MR) is 133 cm³/mol. The fourth-order valence-corrected chi connectivity index (χ4v) is 4.24. The quantitative estimate of drug-likeness (QED) is 0.190. The van der Waals surface area contributed by atoms with Crippen LogP contribution in [0.25, 0.3) is 22.2 Å². The lowest BCUT2D eigenvalue weighted by Crippen LogP contribution is -2.04. The Labute approximate surface area is 202 Å². The van der Waals surface area contributed by atoms with Gasteiger partial charge in [-0.05, 0) is 43.3 Å². The van der Waals surface area contributed by atoms with Gasteiger partial charge in [-0.1, -0.05) is 15.9 Å². The average molecular weight is 530 g/mol. The number of thiazole rings is 1. The Morgan fingerprint density at radius 3 is 2.48 bits per heavy atom. The highest BCUT2D eigenvalue weighted by molar-refractivity contribution is 9.10. The van der Waals surface area contributed by atoms with Crippen molar-refractivity contribution < 1.29 is 18.6 Å². The molecule has 2 aromatic carbocycles. The van der Waals surface area contributed by atoms with Crippen LogP contribution in [0.2, 0.25) is 0 Å². The Bertz CT molecular complexity index is 1390. The average Bonchev–Trinajstić information content (AvgIpc) is 3.30. The summed E-state index contributed by atoms with van der Waals surface area (Å²) in [6.45, 7) is 1.85. The lowest BCUT2D eigenvalue weighted by molar-refractivity contribution is 0.324. The lowest BCUT2D eigenvalue weighted by Gasteiger charge is -2.14. The predicted octanol–water partition coefficient (Wildman–Crippen LogP) is 5.54. The smallest absolute Gasteiger partial charge is 0.345 e. The van der Waals surface area contributed by atoms with Crippen LogP contribution < -0.4 is 25.3 Å². The summed E-state index contributed by atoms with van der Waals surface area (Å²) in [5.74, 6) is 1.58. The first-order chi connectivity index (χ1) is 15.9. The molecule has 0 atom stereocenters. The van der Waals surface area contributed by atoms with Gasteiger partial charge in [0.2, 0.25) is 10.9 Å². The highest BCUT2D eigenvalue weighted by atomic mass is 79.9. The maximum absolute atomic E-state index is 12.5. The van der Waals surface area contributed by atoms with E-state index in [1.54, 1.807) is 38.8 Å². The second kappa shape index (κ2) is 9.63. The minimum atomic E-state index is -0.446. The molecule has 8 nitrogen and oxygen atoms in total. The van der Waals surface area contributed by atoms with Crippen LogP contribution in [0.4, 0.5) is 5.13 Å². The molecule has 33 heavy (non-hydrogen) atoms. The van der Waals surface area contributed by atoms with Gasteiger partial charge in [-0.2, -0.15) is 5.10 Å². The molecule has 4 aromatic rings. The van der Waals surface area contributed by atoms with Crippen LogP contribution in [0.5, 0.6) is 17.2 Å². The van der Waals surface area contributed by atoms with Crippen LogP contribution >= 0.6 is 27.3 Å². The number of hydrogen-bond acceptors (Lipinski definition) is 9. The Morgan fingerprint density at radius 1 is 1.09 bits per heavy atom. The molecule has 0 spiro atoms. The van der Waals surface area contributed by atoms with Gasteiger partial charge in [0, 0.05) is 20.8 Å². The summed E-state index contributed by atoms with van der Waals surface area (Å²) in [6, 6.07) is 10.9. The van der Waals surface area contributed by atoms with Crippen molar-refractivity contribution in [1.82, 2.24) is 4.98 Å². The van der Waals surface area contributed by atoms with Crippen molar-refractivity contribution in [2.45, 2.75) is 6.92 Å². The number of nitrogens with zero attached hydrogens (tertiary/aromatic N) is 2. The molecule has 1 N–H and O–H groups in total. The number of hydrogen-bond donors (Lipinski definition) is 1. The third-order valence-electron chi connectivity index (χ3n) is 4.88. The molecule has 0 radical (unpaired) electrons. The lowest BCUT2D eigenvalue weighted by atomic mass is 10.1. The van der Waals surface area contributed by atoms with E-state index in [1.807, 2.05) is 31.2 Å². The number of anilines is 1. The monoisotopic (exact) mass is 529 g/mol. The van der Waals surface area contributed by atoms with E-state index in [4.69, 9.17) is 18.6 Å². The minimum absolute atomic E-state index is 0.384. The second-order valence-electron chi connectivity index (χ2n) is 6.89. The van der Waals surface area contributed by atoms with Gasteiger partial charge in [-0.25, -0.2) is 9.78 Å². The molecule has 2 aromatic heterocycles. The van der Waals surface area contributed by atoms with E-state index in [-0.39, 0.29) is 0 Å². The molecule has 0 unspecified atom stereocenters. The molecule has 2 heterocycles. The van der Waals surface area contributed by atoms with Gasteiger partial charge < -0.3 is 18.6 Å². The standard InChI is InChI=1S/C23H20BrN3O5S/c1-12(13-9-19(29-2)21(31-4)20(10-13)30-3)26-27-23-25-17(11-33-23)16-8-14-7-15(24)5-6-18(14)32-22(16)28/h5-11H,1-4H3,(H,25,27)/b26-12+. The van der Waals surface area contributed by atoms with Crippen LogP contribution in [0.3, 0.4) is 0 Å². The Morgan fingerprint density at radius 2 is 1.82 bits per heavy atom. The number of nitrogens with one attached hydrogen (secondary N) is 1. The van der Waals surface area contributed by atoms with E-state index in [0.717, 1.165) is 15.4 Å². The maximum Gasteiger partial charge on any atom is 0.345 e. The van der Waals surface area contributed by atoms with Crippen molar-refractivity contribution in [3.63, 3.8) is 0 Å². The summed E-state index contributed by atoms with van der Waals surface area (Å²) in [4.78, 5) is 16.9. The summed E-state index contributed by atoms with van der Waals surface area (Å²) in [6.07, 6.45) is 0. The summed E-state index contributed by atoms with van der Waals surface area (Å²) < 4.78 is 22.5. The van der Waals surface area contributed by atoms with Gasteiger partial charge in [-0.15, -0.1) is 11.3 Å². The van der Waals surface area contributed by atoms with E-state index < -0.39 is 5.63 Å². The van der Waals surface area contributed by atoms with Crippen LogP contribution in [0.1, 0.15) is 12.5 Å². The Balaban J connectivity index is 1.60. The largest absolute Gasteiger partial charge is 0.493 e. The minimum Gasteiger partial charge on any atom is -0.493 e. The number of ether oxygens (including phenoxy) is 3. The van der Waals surface area contributed by atoms with Crippen LogP contribution in [0, 0.1) is 0 Å². The van der Waals surface area contributed by atoms with Crippen molar-refractivity contribution in [1.29, 1.82) is 0 Å².